The zero-order valence-corrected chi connectivity index (χ0v) is 16.9. The highest BCUT2D eigenvalue weighted by Gasteiger charge is 2.53. The molecule has 1 saturated carbocycles. The molecule has 3 heterocycles. The quantitative estimate of drug-likeness (QED) is 0.669. The van der Waals surface area contributed by atoms with Gasteiger partial charge in [0.05, 0.1) is 17.7 Å². The van der Waals surface area contributed by atoms with E-state index in [0.717, 1.165) is 50.1 Å². The topological polar surface area (TPSA) is 46.8 Å². The monoisotopic (exact) mass is 389 g/mol. The van der Waals surface area contributed by atoms with Crippen LogP contribution >= 0.6 is 0 Å². The molecule has 1 aliphatic carbocycles. The van der Waals surface area contributed by atoms with Crippen molar-refractivity contribution < 1.29 is 9.53 Å². The summed E-state index contributed by atoms with van der Waals surface area (Å²) in [6, 6.07) is 16.8. The van der Waals surface area contributed by atoms with Crippen molar-refractivity contribution in [1.29, 1.82) is 0 Å². The second kappa shape index (κ2) is 6.99. The zero-order chi connectivity index (χ0) is 19.9. The Morgan fingerprint density at radius 2 is 1.76 bits per heavy atom. The number of methoxy groups -OCH3 is 1. The Morgan fingerprint density at radius 1 is 1.03 bits per heavy atom. The lowest BCUT2D eigenvalue weighted by Gasteiger charge is -2.42. The third-order valence-electron chi connectivity index (χ3n) is 6.81. The number of amides is 1. The molecule has 3 aromatic rings. The number of aromatic nitrogens is 2. The molecule has 1 amide bonds. The third kappa shape index (κ3) is 3.04. The van der Waals surface area contributed by atoms with Gasteiger partial charge >= 0.3 is 0 Å². The summed E-state index contributed by atoms with van der Waals surface area (Å²) in [5.74, 6) is 0.274. The van der Waals surface area contributed by atoms with Crippen LogP contribution in [0.5, 0.6) is 0 Å². The number of hydrogen-bond acceptors (Lipinski definition) is 3. The van der Waals surface area contributed by atoms with Gasteiger partial charge in [0.15, 0.2) is 0 Å². The van der Waals surface area contributed by atoms with Gasteiger partial charge in [0.1, 0.15) is 5.65 Å². The van der Waals surface area contributed by atoms with E-state index in [2.05, 4.69) is 45.8 Å². The molecule has 0 radical (unpaired) electrons. The lowest BCUT2D eigenvalue weighted by Crippen LogP contribution is -2.48. The summed E-state index contributed by atoms with van der Waals surface area (Å²) >= 11 is 0. The Morgan fingerprint density at radius 3 is 2.41 bits per heavy atom. The summed E-state index contributed by atoms with van der Waals surface area (Å²) in [4.78, 5) is 20.2. The van der Waals surface area contributed by atoms with E-state index >= 15 is 0 Å². The normalized spacial score (nSPS) is 20.0. The molecule has 1 aliphatic heterocycles. The second-order valence-electron chi connectivity index (χ2n) is 8.55. The third-order valence-corrected chi connectivity index (χ3v) is 6.81. The van der Waals surface area contributed by atoms with Gasteiger partial charge in [-0.1, -0.05) is 36.4 Å². The van der Waals surface area contributed by atoms with Gasteiger partial charge in [-0.15, -0.1) is 0 Å². The second-order valence-corrected chi connectivity index (χ2v) is 8.55. The van der Waals surface area contributed by atoms with Crippen LogP contribution in [0.2, 0.25) is 0 Å². The highest BCUT2D eigenvalue weighted by Crippen LogP contribution is 2.49. The molecule has 29 heavy (non-hydrogen) atoms. The van der Waals surface area contributed by atoms with Crippen molar-refractivity contribution in [2.45, 2.75) is 31.1 Å². The molecule has 2 aliphatic rings. The van der Waals surface area contributed by atoms with Crippen LogP contribution in [0.3, 0.4) is 0 Å². The number of carbonyl (C=O) groups excluding carboxylic acids is 1. The van der Waals surface area contributed by atoms with E-state index in [0.29, 0.717) is 6.61 Å². The van der Waals surface area contributed by atoms with Crippen molar-refractivity contribution in [2.75, 3.05) is 26.8 Å². The number of piperidine rings is 1. The fraction of sp³-hybridized carbons (Fsp3) is 0.417. The molecule has 1 saturated heterocycles. The molecule has 5 nitrogen and oxygen atoms in total. The minimum absolute atomic E-state index is 0.165. The van der Waals surface area contributed by atoms with Crippen molar-refractivity contribution in [3.05, 3.63) is 72.2 Å². The number of imidazole rings is 1. The first kappa shape index (κ1) is 18.4. The molecule has 0 bridgehead atoms. The standard InChI is InChI=1S/C24H27N3O2/c1-29-18-23(10-11-23)22(28)26-15-12-24(13-16-26,19-7-3-2-4-8-19)20-17-27-14-6-5-9-21(27)25-20/h2-9,14,17H,10-13,15-16,18H2,1H3. The summed E-state index contributed by atoms with van der Waals surface area (Å²) < 4.78 is 7.43. The van der Waals surface area contributed by atoms with Gasteiger partial charge in [0, 0.05) is 38.0 Å². The lowest BCUT2D eigenvalue weighted by atomic mass is 9.70. The molecule has 0 unspecified atom stereocenters. The molecule has 5 rings (SSSR count). The Kier molecular flexibility index (Phi) is 4.43. The van der Waals surface area contributed by atoms with E-state index in [1.807, 2.05) is 24.4 Å². The number of carbonyl (C=O) groups is 1. The smallest absolute Gasteiger partial charge is 0.231 e. The number of rotatable bonds is 5. The van der Waals surface area contributed by atoms with Gasteiger partial charge in [0.2, 0.25) is 5.91 Å². The first-order valence-electron chi connectivity index (χ1n) is 10.5. The molecule has 150 valence electrons. The van der Waals surface area contributed by atoms with E-state index in [1.54, 1.807) is 7.11 Å². The molecule has 2 fully saturated rings. The summed E-state index contributed by atoms with van der Waals surface area (Å²) in [5, 5.41) is 0. The number of likely N-dealkylation sites (tertiary alicyclic amines) is 1. The van der Waals surface area contributed by atoms with E-state index < -0.39 is 0 Å². The van der Waals surface area contributed by atoms with E-state index in [9.17, 15) is 4.79 Å². The minimum atomic E-state index is -0.259. The first-order valence-corrected chi connectivity index (χ1v) is 10.5. The average molecular weight is 389 g/mol. The molecule has 0 N–H and O–H groups in total. The maximum atomic E-state index is 13.1. The van der Waals surface area contributed by atoms with E-state index in [1.165, 1.54) is 5.56 Å². The highest BCUT2D eigenvalue weighted by atomic mass is 16.5. The maximum Gasteiger partial charge on any atom is 0.231 e. The maximum absolute atomic E-state index is 13.1. The van der Waals surface area contributed by atoms with Crippen LogP contribution in [0.4, 0.5) is 0 Å². The Hall–Kier alpha value is -2.66. The molecular formula is C24H27N3O2. The predicted octanol–water partition coefficient (Wildman–Crippen LogP) is 3.67. The van der Waals surface area contributed by atoms with Gasteiger partial charge in [-0.05, 0) is 43.4 Å². The zero-order valence-electron chi connectivity index (χ0n) is 16.9. The van der Waals surface area contributed by atoms with Crippen LogP contribution < -0.4 is 0 Å². The van der Waals surface area contributed by atoms with Gasteiger partial charge in [-0.25, -0.2) is 4.98 Å². The largest absolute Gasteiger partial charge is 0.384 e. The van der Waals surface area contributed by atoms with Gasteiger partial charge < -0.3 is 14.0 Å². The summed E-state index contributed by atoms with van der Waals surface area (Å²) in [6.45, 7) is 2.05. The summed E-state index contributed by atoms with van der Waals surface area (Å²) in [7, 11) is 1.69. The number of pyridine rings is 1. The molecule has 0 atom stereocenters. The van der Waals surface area contributed by atoms with Crippen LogP contribution in [-0.4, -0.2) is 47.0 Å². The SMILES string of the molecule is COCC1(C(=O)N2CCC(c3ccccc3)(c3cn4ccccc4n3)CC2)CC1. The van der Waals surface area contributed by atoms with Crippen LogP contribution in [0.1, 0.15) is 36.9 Å². The lowest BCUT2D eigenvalue weighted by molar-refractivity contribution is -0.140. The molecule has 0 spiro atoms. The van der Waals surface area contributed by atoms with Crippen LogP contribution in [-0.2, 0) is 14.9 Å². The van der Waals surface area contributed by atoms with Gasteiger partial charge in [0.25, 0.3) is 0 Å². The highest BCUT2D eigenvalue weighted by molar-refractivity contribution is 5.85. The fourth-order valence-electron chi connectivity index (χ4n) is 4.89. The van der Waals surface area contributed by atoms with Gasteiger partial charge in [-0.3, -0.25) is 4.79 Å². The molecule has 2 aromatic heterocycles. The molecule has 5 heteroatoms. The van der Waals surface area contributed by atoms with Crippen LogP contribution in [0.25, 0.3) is 5.65 Å². The molecular weight excluding hydrogens is 362 g/mol. The van der Waals surface area contributed by atoms with Crippen molar-refractivity contribution >= 4 is 11.6 Å². The van der Waals surface area contributed by atoms with Crippen LogP contribution in [0, 0.1) is 5.41 Å². The summed E-state index contributed by atoms with van der Waals surface area (Å²) in [5.41, 5.74) is 2.92. The molecule has 1 aromatic carbocycles. The number of hydrogen-bond donors (Lipinski definition) is 0. The Bertz CT molecular complexity index is 982. The Balaban J connectivity index is 1.47. The number of nitrogens with zero attached hydrogens (tertiary/aromatic N) is 3. The predicted molar refractivity (Wildman–Crippen MR) is 112 cm³/mol. The van der Waals surface area contributed by atoms with E-state index in [4.69, 9.17) is 9.72 Å². The number of fused-ring (bicyclic) bond motifs is 1. The van der Waals surface area contributed by atoms with E-state index in [-0.39, 0.29) is 16.7 Å². The van der Waals surface area contributed by atoms with Crippen molar-refractivity contribution in [1.82, 2.24) is 14.3 Å². The van der Waals surface area contributed by atoms with Gasteiger partial charge in [-0.2, -0.15) is 0 Å². The van der Waals surface area contributed by atoms with Crippen molar-refractivity contribution in [2.24, 2.45) is 5.41 Å². The first-order chi connectivity index (χ1) is 14.2. The van der Waals surface area contributed by atoms with Crippen molar-refractivity contribution in [3.63, 3.8) is 0 Å². The van der Waals surface area contributed by atoms with Crippen molar-refractivity contribution in [3.8, 4) is 0 Å². The average Bonchev–Trinajstić information content (AvgIpc) is 3.42. The Labute approximate surface area is 171 Å². The van der Waals surface area contributed by atoms with Crippen LogP contribution in [0.15, 0.2) is 60.9 Å². The fourth-order valence-corrected chi connectivity index (χ4v) is 4.89. The number of ether oxygens (including phenoxy) is 1. The summed E-state index contributed by atoms with van der Waals surface area (Å²) in [6.07, 6.45) is 7.88. The number of benzene rings is 1. The minimum Gasteiger partial charge on any atom is -0.384 e.